The zero-order valence-corrected chi connectivity index (χ0v) is 15.5. The Bertz CT molecular complexity index is 941. The highest BCUT2D eigenvalue weighted by molar-refractivity contribution is 6.31. The lowest BCUT2D eigenvalue weighted by atomic mass is 10.0. The molecule has 0 spiro atoms. The number of nitrogens with one attached hydrogen (secondary N) is 1. The van der Waals surface area contributed by atoms with Crippen molar-refractivity contribution in [3.8, 4) is 11.6 Å². The van der Waals surface area contributed by atoms with E-state index in [0.717, 1.165) is 9.80 Å². The average molecular weight is 404 g/mol. The molecule has 144 valence electrons. The van der Waals surface area contributed by atoms with Crippen molar-refractivity contribution in [3.05, 3.63) is 41.8 Å². The Balaban J connectivity index is 1.71. The summed E-state index contributed by atoms with van der Waals surface area (Å²) in [5.41, 5.74) is 0.328. The number of benzene rings is 1. The van der Waals surface area contributed by atoms with Crippen molar-refractivity contribution in [2.45, 2.75) is 0 Å². The van der Waals surface area contributed by atoms with E-state index in [-0.39, 0.29) is 10.9 Å². The Kier molecular flexibility index (Phi) is 5.23. The van der Waals surface area contributed by atoms with E-state index < -0.39 is 29.7 Å². The number of halogens is 1. The zero-order valence-electron chi connectivity index (χ0n) is 14.7. The number of imide groups is 2. The number of rotatable bonds is 4. The van der Waals surface area contributed by atoms with Gasteiger partial charge in [0, 0.05) is 19.8 Å². The number of aromatic nitrogens is 2. The highest BCUT2D eigenvalue weighted by Crippen LogP contribution is 2.27. The number of ether oxygens (including phenoxy) is 1. The largest absolute Gasteiger partial charge is 0.437 e. The van der Waals surface area contributed by atoms with E-state index in [1.165, 1.54) is 38.8 Å². The van der Waals surface area contributed by atoms with Crippen LogP contribution >= 0.6 is 11.6 Å². The van der Waals surface area contributed by atoms with Gasteiger partial charge in [0.2, 0.25) is 11.8 Å². The summed E-state index contributed by atoms with van der Waals surface area (Å²) in [7, 11) is 2.41. The summed E-state index contributed by atoms with van der Waals surface area (Å²) in [5, 5.41) is 2.71. The number of nitrogens with zero attached hydrogens (tertiary/aromatic N) is 4. The summed E-state index contributed by atoms with van der Waals surface area (Å²) >= 11 is 5.92. The predicted molar refractivity (Wildman–Crippen MR) is 96.6 cm³/mol. The molecule has 0 aliphatic carbocycles. The first-order valence-corrected chi connectivity index (χ1v) is 8.30. The van der Waals surface area contributed by atoms with E-state index in [0.29, 0.717) is 11.4 Å². The number of carbonyl (C=O) groups excluding carboxylic acids is 4. The molecule has 1 N–H and O–H groups in total. The van der Waals surface area contributed by atoms with Crippen molar-refractivity contribution >= 4 is 41.0 Å². The molecular formula is C17H14ClN5O5. The van der Waals surface area contributed by atoms with Gasteiger partial charge in [0.15, 0.2) is 5.92 Å². The lowest BCUT2D eigenvalue weighted by Crippen LogP contribution is -2.59. The smallest absolute Gasteiger partial charge is 0.332 e. The minimum absolute atomic E-state index is 0.169. The molecule has 1 aromatic heterocycles. The third kappa shape index (κ3) is 3.62. The van der Waals surface area contributed by atoms with Gasteiger partial charge in [-0.3, -0.25) is 24.2 Å². The summed E-state index contributed by atoms with van der Waals surface area (Å²) in [5.74, 6) is -3.68. The molecule has 1 aliphatic rings. The number of hydrogen-bond acceptors (Lipinski definition) is 7. The third-order valence-corrected chi connectivity index (χ3v) is 4.22. The first-order chi connectivity index (χ1) is 13.3. The molecular weight excluding hydrogens is 390 g/mol. The van der Waals surface area contributed by atoms with Crippen molar-refractivity contribution in [2.24, 2.45) is 5.92 Å². The molecule has 1 aliphatic heterocycles. The quantitative estimate of drug-likeness (QED) is 0.768. The van der Waals surface area contributed by atoms with Crippen LogP contribution in [0.5, 0.6) is 11.6 Å². The second-order valence-corrected chi connectivity index (χ2v) is 6.21. The first kappa shape index (κ1) is 19.2. The molecule has 2 heterocycles. The van der Waals surface area contributed by atoms with Crippen LogP contribution in [0.3, 0.4) is 0 Å². The Morgan fingerprint density at radius 2 is 1.71 bits per heavy atom. The molecule has 0 radical (unpaired) electrons. The number of hydrogen-bond donors (Lipinski definition) is 1. The lowest BCUT2D eigenvalue weighted by Gasteiger charge is -2.32. The number of amides is 5. The van der Waals surface area contributed by atoms with Gasteiger partial charge in [-0.2, -0.15) is 0 Å². The average Bonchev–Trinajstić information content (AvgIpc) is 2.68. The Labute approximate surface area is 164 Å². The SMILES string of the molecule is CN1C(=O)C(C(=O)Nc2ccc(Oc3ncncc3Cl)cc2)C(=O)N(C)C1=O. The van der Waals surface area contributed by atoms with Gasteiger partial charge in [0.25, 0.3) is 11.8 Å². The summed E-state index contributed by atoms with van der Waals surface area (Å²) in [6.45, 7) is 0. The van der Waals surface area contributed by atoms with Gasteiger partial charge in [-0.1, -0.05) is 11.6 Å². The molecule has 2 aromatic rings. The standard InChI is InChI=1S/C17H14ClN5O5/c1-22-15(25)12(16(26)23(2)17(22)27)13(24)21-9-3-5-10(6-4-9)28-14-11(18)7-19-8-20-14/h3-8,12H,1-2H3,(H,21,24). The van der Waals surface area contributed by atoms with Crippen LogP contribution in [-0.2, 0) is 14.4 Å². The predicted octanol–water partition coefficient (Wildman–Crippen LogP) is 1.53. The maximum atomic E-state index is 12.4. The minimum atomic E-state index is -1.64. The molecule has 10 nitrogen and oxygen atoms in total. The number of carbonyl (C=O) groups is 4. The fraction of sp³-hybridized carbons (Fsp3) is 0.176. The molecule has 0 atom stereocenters. The molecule has 11 heteroatoms. The topological polar surface area (TPSA) is 122 Å². The minimum Gasteiger partial charge on any atom is -0.437 e. The van der Waals surface area contributed by atoms with Crippen LogP contribution in [0, 0.1) is 5.92 Å². The molecule has 5 amide bonds. The summed E-state index contributed by atoms with van der Waals surface area (Å²) < 4.78 is 5.50. The van der Waals surface area contributed by atoms with Crippen molar-refractivity contribution in [2.75, 3.05) is 19.4 Å². The number of barbiturate groups is 1. The van der Waals surface area contributed by atoms with Gasteiger partial charge in [0.05, 0.1) is 6.20 Å². The van der Waals surface area contributed by atoms with E-state index in [2.05, 4.69) is 15.3 Å². The fourth-order valence-electron chi connectivity index (χ4n) is 2.44. The summed E-state index contributed by atoms with van der Waals surface area (Å²) in [4.78, 5) is 57.6. The van der Waals surface area contributed by atoms with Crippen LogP contribution in [0.1, 0.15) is 0 Å². The molecule has 0 saturated carbocycles. The van der Waals surface area contributed by atoms with Gasteiger partial charge in [0.1, 0.15) is 17.1 Å². The Hall–Kier alpha value is -3.53. The molecule has 1 saturated heterocycles. The maximum Gasteiger partial charge on any atom is 0.332 e. The van der Waals surface area contributed by atoms with Crippen LogP contribution in [0.25, 0.3) is 0 Å². The number of anilines is 1. The van der Waals surface area contributed by atoms with Gasteiger partial charge in [-0.25, -0.2) is 14.8 Å². The van der Waals surface area contributed by atoms with Crippen LogP contribution in [0.4, 0.5) is 10.5 Å². The molecule has 3 rings (SSSR count). The van der Waals surface area contributed by atoms with Gasteiger partial charge >= 0.3 is 6.03 Å². The molecule has 0 unspecified atom stereocenters. The van der Waals surface area contributed by atoms with Crippen molar-refractivity contribution in [1.82, 2.24) is 19.8 Å². The number of urea groups is 1. The lowest BCUT2D eigenvalue weighted by molar-refractivity contribution is -0.151. The van der Waals surface area contributed by atoms with E-state index >= 15 is 0 Å². The van der Waals surface area contributed by atoms with Crippen molar-refractivity contribution < 1.29 is 23.9 Å². The van der Waals surface area contributed by atoms with E-state index in [1.807, 2.05) is 0 Å². The normalized spacial score (nSPS) is 15.0. The summed E-state index contributed by atoms with van der Waals surface area (Å²) in [6.07, 6.45) is 2.67. The highest BCUT2D eigenvalue weighted by atomic mass is 35.5. The van der Waals surface area contributed by atoms with Crippen molar-refractivity contribution in [3.63, 3.8) is 0 Å². The van der Waals surface area contributed by atoms with Crippen LogP contribution < -0.4 is 10.1 Å². The third-order valence-electron chi connectivity index (χ3n) is 3.96. The fourth-order valence-corrected chi connectivity index (χ4v) is 2.58. The maximum absolute atomic E-state index is 12.4. The van der Waals surface area contributed by atoms with Gasteiger partial charge in [-0.15, -0.1) is 0 Å². The second-order valence-electron chi connectivity index (χ2n) is 5.80. The molecule has 0 bridgehead atoms. The Morgan fingerprint density at radius 1 is 1.11 bits per heavy atom. The first-order valence-electron chi connectivity index (χ1n) is 7.93. The molecule has 1 fully saturated rings. The van der Waals surface area contributed by atoms with Crippen LogP contribution in [0.2, 0.25) is 5.02 Å². The van der Waals surface area contributed by atoms with Gasteiger partial charge in [-0.05, 0) is 24.3 Å². The second kappa shape index (κ2) is 7.61. The molecule has 1 aromatic carbocycles. The van der Waals surface area contributed by atoms with E-state index in [4.69, 9.17) is 16.3 Å². The van der Waals surface area contributed by atoms with Gasteiger partial charge < -0.3 is 10.1 Å². The zero-order chi connectivity index (χ0) is 20.4. The highest BCUT2D eigenvalue weighted by Gasteiger charge is 2.46. The van der Waals surface area contributed by atoms with E-state index in [1.54, 1.807) is 12.1 Å². The monoisotopic (exact) mass is 403 g/mol. The summed E-state index contributed by atoms with van der Waals surface area (Å²) in [6, 6.07) is 5.32. The van der Waals surface area contributed by atoms with Crippen LogP contribution in [0.15, 0.2) is 36.8 Å². The molecule has 28 heavy (non-hydrogen) atoms. The van der Waals surface area contributed by atoms with E-state index in [9.17, 15) is 19.2 Å². The van der Waals surface area contributed by atoms with Crippen molar-refractivity contribution in [1.29, 1.82) is 0 Å². The van der Waals surface area contributed by atoms with Crippen LogP contribution in [-0.4, -0.2) is 57.6 Å². The Morgan fingerprint density at radius 3 is 2.29 bits per heavy atom.